The molecule has 0 radical (unpaired) electrons. The first-order valence-corrected chi connectivity index (χ1v) is 7.57. The quantitative estimate of drug-likeness (QED) is 0.424. The summed E-state index contributed by atoms with van der Waals surface area (Å²) in [7, 11) is -4.74. The molecular weight excluding hydrogens is 281 g/mol. The van der Waals surface area contributed by atoms with Crippen LogP contribution in [0.2, 0.25) is 0 Å². The smallest absolute Gasteiger partial charge is 0.345 e. The third-order valence-corrected chi connectivity index (χ3v) is 5.36. The van der Waals surface area contributed by atoms with Gasteiger partial charge in [0.05, 0.1) is 5.54 Å². The topological polar surface area (TPSA) is 110 Å². The van der Waals surface area contributed by atoms with Gasteiger partial charge in [0.15, 0.2) is 5.16 Å². The van der Waals surface area contributed by atoms with Gasteiger partial charge < -0.3 is 20.3 Å². The summed E-state index contributed by atoms with van der Waals surface area (Å²) in [6.07, 6.45) is 1.03. The third kappa shape index (κ3) is 2.21. The lowest BCUT2D eigenvalue weighted by molar-refractivity contribution is -0.146. The maximum Gasteiger partial charge on any atom is 0.345 e. The molecule has 0 bridgehead atoms. The van der Waals surface area contributed by atoms with Gasteiger partial charge in [0.1, 0.15) is 6.61 Å². The van der Waals surface area contributed by atoms with E-state index in [4.69, 9.17) is 10.5 Å². The number of ether oxygens (including phenoxy) is 1. The molecular formula is C13H16NO5P. The number of hydrogen-bond donors (Lipinski definition) is 3. The van der Waals surface area contributed by atoms with Crippen molar-refractivity contribution in [1.29, 1.82) is 0 Å². The summed E-state index contributed by atoms with van der Waals surface area (Å²) in [4.78, 5) is 30.9. The van der Waals surface area contributed by atoms with Crippen LogP contribution in [0.15, 0.2) is 43.0 Å². The average Bonchev–Trinajstić information content (AvgIpc) is 3.06. The molecule has 2 unspecified atom stereocenters. The van der Waals surface area contributed by atoms with Gasteiger partial charge in [0.25, 0.3) is 0 Å². The molecule has 1 fully saturated rings. The molecule has 1 aromatic carbocycles. The fourth-order valence-electron chi connectivity index (χ4n) is 2.22. The average molecular weight is 297 g/mol. The number of hydrogen-bond acceptors (Lipinski definition) is 4. The summed E-state index contributed by atoms with van der Waals surface area (Å²) >= 11 is 0. The number of carbonyl (C=O) groups is 1. The first-order valence-electron chi connectivity index (χ1n) is 5.96. The molecule has 20 heavy (non-hydrogen) atoms. The third-order valence-electron chi connectivity index (χ3n) is 3.61. The Hall–Kier alpha value is -1.46. The van der Waals surface area contributed by atoms with Gasteiger partial charge >= 0.3 is 13.6 Å². The predicted molar refractivity (Wildman–Crippen MR) is 72.7 cm³/mol. The van der Waals surface area contributed by atoms with E-state index in [1.54, 1.807) is 24.3 Å². The molecule has 2 atom stereocenters. The summed E-state index contributed by atoms with van der Waals surface area (Å²) in [6.45, 7) is 3.37. The van der Waals surface area contributed by atoms with Gasteiger partial charge in [-0.15, -0.1) is 6.58 Å². The van der Waals surface area contributed by atoms with Crippen molar-refractivity contribution in [1.82, 2.24) is 0 Å². The minimum Gasteiger partial charge on any atom is -0.460 e. The molecule has 1 aromatic rings. The Morgan fingerprint density at radius 3 is 2.50 bits per heavy atom. The standard InChI is InChI=1S/C13H16NO5P/c1-2-12(14)9-13(12,20(16,17)18)11(15)19-8-10-6-4-3-5-7-10/h2-7H,1,8-9,14H2,(H2,16,17,18). The molecule has 7 heteroatoms. The van der Waals surface area contributed by atoms with Crippen LogP contribution in [0.5, 0.6) is 0 Å². The maximum atomic E-state index is 12.1. The van der Waals surface area contributed by atoms with Crippen LogP contribution in [0.1, 0.15) is 12.0 Å². The number of esters is 1. The van der Waals surface area contributed by atoms with Crippen LogP contribution in [-0.2, 0) is 20.7 Å². The van der Waals surface area contributed by atoms with Crippen molar-refractivity contribution in [3.63, 3.8) is 0 Å². The molecule has 0 saturated heterocycles. The molecule has 6 nitrogen and oxygen atoms in total. The van der Waals surface area contributed by atoms with Crippen molar-refractivity contribution in [2.45, 2.75) is 23.7 Å². The lowest BCUT2D eigenvalue weighted by atomic mass is 10.2. The summed E-state index contributed by atoms with van der Waals surface area (Å²) < 4.78 is 16.6. The maximum absolute atomic E-state index is 12.1. The number of carbonyl (C=O) groups excluding carboxylic acids is 1. The van der Waals surface area contributed by atoms with Gasteiger partial charge in [0.2, 0.25) is 0 Å². The second-order valence-electron chi connectivity index (χ2n) is 4.89. The molecule has 0 spiro atoms. The van der Waals surface area contributed by atoms with Gasteiger partial charge in [0, 0.05) is 6.42 Å². The second-order valence-corrected chi connectivity index (χ2v) is 6.74. The van der Waals surface area contributed by atoms with Crippen molar-refractivity contribution in [3.8, 4) is 0 Å². The van der Waals surface area contributed by atoms with E-state index in [9.17, 15) is 19.1 Å². The number of nitrogens with two attached hydrogens (primary N) is 1. The van der Waals surface area contributed by atoms with E-state index < -0.39 is 24.3 Å². The first kappa shape index (κ1) is 14.9. The van der Waals surface area contributed by atoms with Crippen molar-refractivity contribution >= 4 is 13.6 Å². The SMILES string of the molecule is C=CC1(N)CC1(C(=O)OCc1ccccc1)P(=O)(O)O. The predicted octanol–water partition coefficient (Wildman–Crippen LogP) is 0.933. The highest BCUT2D eigenvalue weighted by molar-refractivity contribution is 7.55. The lowest BCUT2D eigenvalue weighted by Gasteiger charge is -2.20. The summed E-state index contributed by atoms with van der Waals surface area (Å²) in [5, 5.41) is -2.00. The Balaban J connectivity index is 2.15. The van der Waals surface area contributed by atoms with Crippen molar-refractivity contribution < 1.29 is 23.9 Å². The van der Waals surface area contributed by atoms with Crippen LogP contribution in [0.4, 0.5) is 0 Å². The van der Waals surface area contributed by atoms with Crippen LogP contribution < -0.4 is 5.73 Å². The van der Waals surface area contributed by atoms with E-state index >= 15 is 0 Å². The van der Waals surface area contributed by atoms with Gasteiger partial charge in [-0.2, -0.15) is 0 Å². The summed E-state index contributed by atoms with van der Waals surface area (Å²) in [5.41, 5.74) is 5.08. The van der Waals surface area contributed by atoms with E-state index in [1.807, 2.05) is 6.07 Å². The van der Waals surface area contributed by atoms with E-state index in [-0.39, 0.29) is 13.0 Å². The number of rotatable bonds is 5. The van der Waals surface area contributed by atoms with Gasteiger partial charge in [-0.1, -0.05) is 36.4 Å². The number of benzene rings is 1. The molecule has 2 rings (SSSR count). The molecule has 0 aliphatic heterocycles. The van der Waals surface area contributed by atoms with Gasteiger partial charge in [-0.3, -0.25) is 9.36 Å². The van der Waals surface area contributed by atoms with Crippen molar-refractivity contribution in [2.24, 2.45) is 5.73 Å². The lowest BCUT2D eigenvalue weighted by Crippen LogP contribution is -2.39. The van der Waals surface area contributed by atoms with Crippen LogP contribution >= 0.6 is 7.60 Å². The Kier molecular flexibility index (Phi) is 3.60. The van der Waals surface area contributed by atoms with E-state index in [0.717, 1.165) is 5.56 Å². The van der Waals surface area contributed by atoms with E-state index in [0.29, 0.717) is 0 Å². The Bertz CT molecular complexity index is 584. The van der Waals surface area contributed by atoms with Crippen LogP contribution in [0, 0.1) is 0 Å². The highest BCUT2D eigenvalue weighted by atomic mass is 31.2. The summed E-state index contributed by atoms with van der Waals surface area (Å²) in [5.74, 6) is -0.989. The molecule has 1 aliphatic rings. The molecule has 0 aromatic heterocycles. The molecule has 108 valence electrons. The van der Waals surface area contributed by atoms with Gasteiger partial charge in [-0.05, 0) is 5.56 Å². The van der Waals surface area contributed by atoms with Crippen LogP contribution in [-0.4, -0.2) is 26.5 Å². The van der Waals surface area contributed by atoms with Crippen molar-refractivity contribution in [3.05, 3.63) is 48.6 Å². The highest BCUT2D eigenvalue weighted by Gasteiger charge is 2.79. The van der Waals surface area contributed by atoms with E-state index in [1.165, 1.54) is 6.08 Å². The fourth-order valence-corrected chi connectivity index (χ4v) is 3.62. The van der Waals surface area contributed by atoms with Crippen LogP contribution in [0.25, 0.3) is 0 Å². The largest absolute Gasteiger partial charge is 0.460 e. The van der Waals surface area contributed by atoms with Crippen molar-refractivity contribution in [2.75, 3.05) is 0 Å². The van der Waals surface area contributed by atoms with Crippen LogP contribution in [0.3, 0.4) is 0 Å². The highest BCUT2D eigenvalue weighted by Crippen LogP contribution is 2.70. The Morgan fingerprint density at radius 1 is 1.45 bits per heavy atom. The monoisotopic (exact) mass is 297 g/mol. The zero-order valence-corrected chi connectivity index (χ0v) is 11.6. The molecule has 1 saturated carbocycles. The summed E-state index contributed by atoms with van der Waals surface area (Å²) in [6, 6.07) is 8.85. The van der Waals surface area contributed by atoms with E-state index in [2.05, 4.69) is 6.58 Å². The minimum atomic E-state index is -4.74. The first-order chi connectivity index (χ1) is 9.27. The normalized spacial score (nSPS) is 28.8. The Labute approximate surface area is 116 Å². The van der Waals surface area contributed by atoms with Gasteiger partial charge in [-0.25, -0.2) is 0 Å². The Morgan fingerprint density at radius 2 is 2.05 bits per heavy atom. The molecule has 0 heterocycles. The molecule has 4 N–H and O–H groups in total. The molecule has 1 aliphatic carbocycles. The minimum absolute atomic E-state index is 0.0609. The zero-order valence-electron chi connectivity index (χ0n) is 10.7. The second kappa shape index (κ2) is 4.82. The molecule has 0 amide bonds. The zero-order chi connectivity index (χ0) is 15.0. The fraction of sp³-hybridized carbons (Fsp3) is 0.308.